The second-order valence-corrected chi connectivity index (χ2v) is 5.58. The van der Waals surface area contributed by atoms with Gasteiger partial charge in [-0.1, -0.05) is 12.1 Å². The Hall–Kier alpha value is -2.34. The van der Waals surface area contributed by atoms with Crippen molar-refractivity contribution >= 4 is 27.8 Å². The van der Waals surface area contributed by atoms with Crippen LogP contribution in [-0.2, 0) is 0 Å². The quantitative estimate of drug-likeness (QED) is 0.750. The van der Waals surface area contributed by atoms with E-state index < -0.39 is 0 Å². The fraction of sp³-hybridized carbons (Fsp3) is 0.118. The standard InChI is InChI=1S/C17H12BrFO4/c1-21-11-8-12(22-2)15(18)17-14(11)16(20)13(23-17)7-9-3-5-10(19)6-4-9/h3-8H,1-2H3. The molecule has 0 unspecified atom stereocenters. The maximum Gasteiger partial charge on any atom is 0.235 e. The molecule has 0 bridgehead atoms. The first-order chi connectivity index (χ1) is 11.0. The Morgan fingerprint density at radius 1 is 1.13 bits per heavy atom. The van der Waals surface area contributed by atoms with Gasteiger partial charge < -0.3 is 14.2 Å². The Balaban J connectivity index is 2.08. The smallest absolute Gasteiger partial charge is 0.235 e. The third-order valence-electron chi connectivity index (χ3n) is 3.42. The van der Waals surface area contributed by atoms with Crippen molar-refractivity contribution < 1.29 is 23.4 Å². The molecule has 0 saturated heterocycles. The second-order valence-electron chi connectivity index (χ2n) is 4.79. The van der Waals surface area contributed by atoms with Gasteiger partial charge in [-0.15, -0.1) is 0 Å². The number of Topliss-reactive ketones (excluding diaryl/α,β-unsaturated/α-hetero) is 1. The molecular formula is C17H12BrFO4. The van der Waals surface area contributed by atoms with Crippen molar-refractivity contribution in [1.29, 1.82) is 0 Å². The number of ketones is 1. The van der Waals surface area contributed by atoms with Crippen molar-refractivity contribution in [3.63, 3.8) is 0 Å². The number of allylic oxidation sites excluding steroid dienone is 1. The van der Waals surface area contributed by atoms with Crippen molar-refractivity contribution in [2.45, 2.75) is 0 Å². The number of benzene rings is 2. The van der Waals surface area contributed by atoms with Crippen LogP contribution in [0.25, 0.3) is 6.08 Å². The molecule has 0 N–H and O–H groups in total. The van der Waals surface area contributed by atoms with E-state index in [0.29, 0.717) is 32.8 Å². The molecule has 1 aliphatic heterocycles. The number of ether oxygens (including phenoxy) is 3. The number of fused-ring (bicyclic) bond motifs is 1. The highest BCUT2D eigenvalue weighted by atomic mass is 79.9. The molecule has 0 amide bonds. The van der Waals surface area contributed by atoms with Crippen molar-refractivity contribution in [2.24, 2.45) is 0 Å². The molecule has 3 rings (SSSR count). The molecule has 6 heteroatoms. The molecule has 1 aliphatic rings. The molecule has 2 aromatic rings. The molecule has 0 spiro atoms. The maximum absolute atomic E-state index is 13.0. The highest BCUT2D eigenvalue weighted by molar-refractivity contribution is 9.10. The Bertz CT molecular complexity index is 812. The minimum Gasteiger partial charge on any atom is -0.496 e. The van der Waals surface area contributed by atoms with Crippen LogP contribution in [0.1, 0.15) is 15.9 Å². The lowest BCUT2D eigenvalue weighted by Gasteiger charge is -2.10. The van der Waals surface area contributed by atoms with Gasteiger partial charge in [-0.3, -0.25) is 4.79 Å². The largest absolute Gasteiger partial charge is 0.496 e. The summed E-state index contributed by atoms with van der Waals surface area (Å²) in [5, 5.41) is 0. The van der Waals surface area contributed by atoms with E-state index in [1.165, 1.54) is 26.4 Å². The van der Waals surface area contributed by atoms with Crippen LogP contribution in [0.2, 0.25) is 0 Å². The zero-order valence-electron chi connectivity index (χ0n) is 12.4. The van der Waals surface area contributed by atoms with Gasteiger partial charge in [0, 0.05) is 6.07 Å². The van der Waals surface area contributed by atoms with Gasteiger partial charge in [0.1, 0.15) is 27.4 Å². The summed E-state index contributed by atoms with van der Waals surface area (Å²) in [5.41, 5.74) is 0.984. The van der Waals surface area contributed by atoms with Gasteiger partial charge in [0.25, 0.3) is 0 Å². The Kier molecular flexibility index (Phi) is 4.09. The van der Waals surface area contributed by atoms with Crippen LogP contribution >= 0.6 is 15.9 Å². The average Bonchev–Trinajstić information content (AvgIpc) is 2.88. The molecule has 0 saturated carbocycles. The number of carbonyl (C=O) groups is 1. The lowest BCUT2D eigenvalue weighted by Crippen LogP contribution is -2.00. The molecule has 2 aromatic carbocycles. The van der Waals surface area contributed by atoms with Crippen molar-refractivity contribution in [2.75, 3.05) is 14.2 Å². The topological polar surface area (TPSA) is 44.8 Å². The fourth-order valence-electron chi connectivity index (χ4n) is 2.29. The summed E-state index contributed by atoms with van der Waals surface area (Å²) in [4.78, 5) is 12.6. The number of carbonyl (C=O) groups excluding carboxylic acids is 1. The normalized spacial score (nSPS) is 14.6. The third kappa shape index (κ3) is 2.70. The molecule has 0 radical (unpaired) electrons. The highest BCUT2D eigenvalue weighted by Gasteiger charge is 2.34. The zero-order chi connectivity index (χ0) is 16.6. The summed E-state index contributed by atoms with van der Waals surface area (Å²) in [6.07, 6.45) is 1.56. The van der Waals surface area contributed by atoms with Crippen molar-refractivity contribution in [3.8, 4) is 17.2 Å². The van der Waals surface area contributed by atoms with E-state index in [0.717, 1.165) is 0 Å². The van der Waals surface area contributed by atoms with Gasteiger partial charge >= 0.3 is 0 Å². The van der Waals surface area contributed by atoms with E-state index in [1.807, 2.05) is 0 Å². The van der Waals surface area contributed by atoms with E-state index in [9.17, 15) is 9.18 Å². The van der Waals surface area contributed by atoms with Gasteiger partial charge in [-0.05, 0) is 39.7 Å². The minimum atomic E-state index is -0.344. The van der Waals surface area contributed by atoms with E-state index >= 15 is 0 Å². The Morgan fingerprint density at radius 3 is 2.39 bits per heavy atom. The van der Waals surface area contributed by atoms with Crippen LogP contribution in [-0.4, -0.2) is 20.0 Å². The van der Waals surface area contributed by atoms with Gasteiger partial charge in [-0.2, -0.15) is 0 Å². The summed E-state index contributed by atoms with van der Waals surface area (Å²) in [6.45, 7) is 0. The SMILES string of the molecule is COc1cc(OC)c2c(c1Br)OC(=Cc1ccc(F)cc1)C2=O. The molecule has 0 atom stereocenters. The van der Waals surface area contributed by atoms with Gasteiger partial charge in [0.15, 0.2) is 11.5 Å². The maximum atomic E-state index is 13.0. The van der Waals surface area contributed by atoms with Crippen LogP contribution in [0.5, 0.6) is 17.2 Å². The molecule has 0 aromatic heterocycles. The number of rotatable bonds is 3. The van der Waals surface area contributed by atoms with Gasteiger partial charge in [0.05, 0.1) is 14.2 Å². The number of halogens is 2. The zero-order valence-corrected chi connectivity index (χ0v) is 13.9. The van der Waals surface area contributed by atoms with E-state index in [2.05, 4.69) is 15.9 Å². The lowest BCUT2D eigenvalue weighted by molar-refractivity contribution is 0.101. The van der Waals surface area contributed by atoms with Crippen LogP contribution in [0, 0.1) is 5.82 Å². The summed E-state index contributed by atoms with van der Waals surface area (Å²) in [5.74, 6) is 0.704. The molecule has 23 heavy (non-hydrogen) atoms. The molecular weight excluding hydrogens is 367 g/mol. The van der Waals surface area contributed by atoms with E-state index in [4.69, 9.17) is 14.2 Å². The van der Waals surface area contributed by atoms with Crippen molar-refractivity contribution in [1.82, 2.24) is 0 Å². The Morgan fingerprint density at radius 2 is 1.78 bits per heavy atom. The number of hydrogen-bond donors (Lipinski definition) is 0. The summed E-state index contributed by atoms with van der Waals surface area (Å²) >= 11 is 3.37. The molecule has 0 aliphatic carbocycles. The van der Waals surface area contributed by atoms with Crippen LogP contribution in [0.4, 0.5) is 4.39 Å². The van der Waals surface area contributed by atoms with Crippen LogP contribution < -0.4 is 14.2 Å². The number of methoxy groups -OCH3 is 2. The fourth-order valence-corrected chi connectivity index (χ4v) is 2.85. The monoisotopic (exact) mass is 378 g/mol. The summed E-state index contributed by atoms with van der Waals surface area (Å²) in [7, 11) is 2.98. The highest BCUT2D eigenvalue weighted by Crippen LogP contribution is 2.48. The molecule has 1 heterocycles. The van der Waals surface area contributed by atoms with E-state index in [-0.39, 0.29) is 17.4 Å². The van der Waals surface area contributed by atoms with E-state index in [1.54, 1.807) is 24.3 Å². The summed E-state index contributed by atoms with van der Waals surface area (Å²) in [6, 6.07) is 7.38. The molecule has 0 fully saturated rings. The summed E-state index contributed by atoms with van der Waals surface area (Å²) < 4.78 is 29.7. The second kappa shape index (κ2) is 6.04. The first kappa shape index (κ1) is 15.6. The average molecular weight is 379 g/mol. The first-order valence-electron chi connectivity index (χ1n) is 6.69. The molecule has 118 valence electrons. The minimum absolute atomic E-state index is 0.138. The Labute approximate surface area is 140 Å². The van der Waals surface area contributed by atoms with Crippen LogP contribution in [0.15, 0.2) is 40.6 Å². The molecule has 4 nitrogen and oxygen atoms in total. The lowest BCUT2D eigenvalue weighted by atomic mass is 10.1. The number of hydrogen-bond acceptors (Lipinski definition) is 4. The predicted molar refractivity (Wildman–Crippen MR) is 86.6 cm³/mol. The van der Waals surface area contributed by atoms with Crippen molar-refractivity contribution in [3.05, 3.63) is 57.5 Å². The first-order valence-corrected chi connectivity index (χ1v) is 7.48. The van der Waals surface area contributed by atoms with Gasteiger partial charge in [0.2, 0.25) is 5.78 Å². The predicted octanol–water partition coefficient (Wildman–Crippen LogP) is 4.22. The third-order valence-corrected chi connectivity index (χ3v) is 4.17. The van der Waals surface area contributed by atoms with Gasteiger partial charge in [-0.25, -0.2) is 4.39 Å². The van der Waals surface area contributed by atoms with Crippen LogP contribution in [0.3, 0.4) is 0 Å².